The van der Waals surface area contributed by atoms with Gasteiger partial charge in [-0.15, -0.1) is 0 Å². The molecule has 0 aliphatic rings. The van der Waals surface area contributed by atoms with Crippen LogP contribution in [0, 0.1) is 0 Å². The molecule has 0 aliphatic heterocycles. The lowest BCUT2D eigenvalue weighted by molar-refractivity contribution is -0.167. The molecule has 0 saturated heterocycles. The number of rotatable bonds is 61. The molecule has 0 N–H and O–H groups in total. The van der Waals surface area contributed by atoms with Crippen molar-refractivity contribution in [3.05, 3.63) is 24.3 Å². The lowest BCUT2D eigenvalue weighted by atomic mass is 10.0. The molecule has 430 valence electrons. The van der Waals surface area contributed by atoms with E-state index < -0.39 is 6.10 Å². The SMILES string of the molecule is CCCCCCC/C=C\C/C=C\CCCCCCCCCCCCCC(=O)OCC(COC(=O)CCCCCCCCCCC)OC(=O)CCCCCCCCCCCCCCCCCCCCCCCCC. The number of carbonyl (C=O) groups is 3. The van der Waals surface area contributed by atoms with Crippen molar-refractivity contribution >= 4 is 17.9 Å². The van der Waals surface area contributed by atoms with E-state index in [2.05, 4.69) is 45.1 Å². The molecule has 73 heavy (non-hydrogen) atoms. The smallest absolute Gasteiger partial charge is 0.306 e. The van der Waals surface area contributed by atoms with Gasteiger partial charge in [0.2, 0.25) is 0 Å². The molecule has 0 aromatic heterocycles. The van der Waals surface area contributed by atoms with Crippen molar-refractivity contribution in [2.75, 3.05) is 13.2 Å². The molecule has 0 aromatic carbocycles. The molecule has 6 heteroatoms. The van der Waals surface area contributed by atoms with Gasteiger partial charge in [-0.25, -0.2) is 0 Å². The summed E-state index contributed by atoms with van der Waals surface area (Å²) >= 11 is 0. The predicted molar refractivity (Wildman–Crippen MR) is 316 cm³/mol. The molecule has 6 nitrogen and oxygen atoms in total. The van der Waals surface area contributed by atoms with E-state index in [0.717, 1.165) is 64.2 Å². The van der Waals surface area contributed by atoms with Crippen molar-refractivity contribution in [2.45, 2.75) is 374 Å². The maximum atomic E-state index is 12.9. The van der Waals surface area contributed by atoms with Gasteiger partial charge >= 0.3 is 17.9 Å². The lowest BCUT2D eigenvalue weighted by Crippen LogP contribution is -2.30. The highest BCUT2D eigenvalue weighted by Crippen LogP contribution is 2.18. The molecule has 0 aromatic rings. The van der Waals surface area contributed by atoms with Crippen LogP contribution in [0.5, 0.6) is 0 Å². The average Bonchev–Trinajstić information content (AvgIpc) is 3.39. The van der Waals surface area contributed by atoms with Gasteiger partial charge in [-0.3, -0.25) is 14.4 Å². The Kier molecular flexibility index (Phi) is 60.6. The van der Waals surface area contributed by atoms with Crippen molar-refractivity contribution in [1.29, 1.82) is 0 Å². The summed E-state index contributed by atoms with van der Waals surface area (Å²) in [6.07, 6.45) is 74.9. The maximum Gasteiger partial charge on any atom is 0.306 e. The first kappa shape index (κ1) is 70.9. The molecule has 0 rings (SSSR count). The highest BCUT2D eigenvalue weighted by atomic mass is 16.6. The fourth-order valence-corrected chi connectivity index (χ4v) is 10.0. The van der Waals surface area contributed by atoms with E-state index in [1.165, 1.54) is 263 Å². The van der Waals surface area contributed by atoms with Crippen LogP contribution in [0.2, 0.25) is 0 Å². The van der Waals surface area contributed by atoms with Gasteiger partial charge in [-0.2, -0.15) is 0 Å². The number of hydrogen-bond acceptors (Lipinski definition) is 6. The van der Waals surface area contributed by atoms with E-state index >= 15 is 0 Å². The highest BCUT2D eigenvalue weighted by Gasteiger charge is 2.19. The van der Waals surface area contributed by atoms with Crippen LogP contribution in [-0.2, 0) is 28.6 Å². The predicted octanol–water partition coefficient (Wildman–Crippen LogP) is 22.2. The molecule has 0 heterocycles. The Hall–Kier alpha value is -2.11. The molecular formula is C67H126O6. The fraction of sp³-hybridized carbons (Fsp3) is 0.896. The third-order valence-corrected chi connectivity index (χ3v) is 15.0. The van der Waals surface area contributed by atoms with Crippen molar-refractivity contribution < 1.29 is 28.6 Å². The minimum Gasteiger partial charge on any atom is -0.462 e. The van der Waals surface area contributed by atoms with Gasteiger partial charge in [0.1, 0.15) is 13.2 Å². The molecule has 0 fully saturated rings. The Bertz CT molecular complexity index is 1180. The lowest BCUT2D eigenvalue weighted by Gasteiger charge is -2.18. The van der Waals surface area contributed by atoms with Gasteiger partial charge in [0.15, 0.2) is 6.10 Å². The van der Waals surface area contributed by atoms with Crippen LogP contribution >= 0.6 is 0 Å². The maximum absolute atomic E-state index is 12.9. The zero-order valence-corrected chi connectivity index (χ0v) is 49.4. The van der Waals surface area contributed by atoms with E-state index in [1.807, 2.05) is 0 Å². The molecule has 0 bridgehead atoms. The number of unbranched alkanes of at least 4 members (excludes halogenated alkanes) is 46. The van der Waals surface area contributed by atoms with Crippen LogP contribution in [0.4, 0.5) is 0 Å². The summed E-state index contributed by atoms with van der Waals surface area (Å²) in [5.74, 6) is -0.844. The zero-order chi connectivity index (χ0) is 52.9. The standard InChI is InChI=1S/C67H126O6/c1-4-7-10-13-16-19-21-23-25-27-29-31-33-35-37-39-41-43-45-48-51-54-57-60-66(69)72-63-64(62-71-65(68)59-56-53-50-47-18-15-12-9-6-3)73-67(70)61-58-55-52-49-46-44-42-40-38-36-34-32-30-28-26-24-22-20-17-14-11-8-5-2/h21,23,27,29,64H,4-20,22,24-26,28,30-63H2,1-3H3/b23-21-,29-27-. The van der Waals surface area contributed by atoms with E-state index in [1.54, 1.807) is 0 Å². The second-order valence-electron chi connectivity index (χ2n) is 22.4. The first-order chi connectivity index (χ1) is 36.0. The molecular weight excluding hydrogens is 901 g/mol. The van der Waals surface area contributed by atoms with Crippen LogP contribution in [0.1, 0.15) is 367 Å². The van der Waals surface area contributed by atoms with Gasteiger partial charge in [0, 0.05) is 19.3 Å². The molecule has 0 amide bonds. The number of ether oxygens (including phenoxy) is 3. The zero-order valence-electron chi connectivity index (χ0n) is 49.4. The van der Waals surface area contributed by atoms with E-state index in [4.69, 9.17) is 14.2 Å². The summed E-state index contributed by atoms with van der Waals surface area (Å²) in [7, 11) is 0. The van der Waals surface area contributed by atoms with Crippen LogP contribution < -0.4 is 0 Å². The minimum absolute atomic E-state index is 0.0660. The quantitative estimate of drug-likeness (QED) is 0.0261. The van der Waals surface area contributed by atoms with E-state index in [9.17, 15) is 14.4 Å². The number of hydrogen-bond donors (Lipinski definition) is 0. The number of esters is 3. The van der Waals surface area contributed by atoms with Gasteiger partial charge in [-0.1, -0.05) is 321 Å². The Balaban J connectivity index is 4.15. The van der Waals surface area contributed by atoms with E-state index in [0.29, 0.717) is 19.3 Å². The number of allylic oxidation sites excluding steroid dienone is 4. The van der Waals surface area contributed by atoms with Gasteiger partial charge in [-0.05, 0) is 51.4 Å². The summed E-state index contributed by atoms with van der Waals surface area (Å²) in [4.78, 5) is 38.2. The summed E-state index contributed by atoms with van der Waals surface area (Å²) in [6, 6.07) is 0. The van der Waals surface area contributed by atoms with Gasteiger partial charge in [0.25, 0.3) is 0 Å². The second-order valence-corrected chi connectivity index (χ2v) is 22.4. The van der Waals surface area contributed by atoms with Crippen molar-refractivity contribution in [1.82, 2.24) is 0 Å². The number of carbonyl (C=O) groups excluding carboxylic acids is 3. The molecule has 1 atom stereocenters. The largest absolute Gasteiger partial charge is 0.462 e. The topological polar surface area (TPSA) is 78.9 Å². The van der Waals surface area contributed by atoms with Gasteiger partial charge < -0.3 is 14.2 Å². The molecule has 0 radical (unpaired) electrons. The van der Waals surface area contributed by atoms with Crippen LogP contribution in [0.25, 0.3) is 0 Å². The van der Waals surface area contributed by atoms with Crippen molar-refractivity contribution in [3.8, 4) is 0 Å². The fourth-order valence-electron chi connectivity index (χ4n) is 10.0. The van der Waals surface area contributed by atoms with Crippen LogP contribution in [0.3, 0.4) is 0 Å². The molecule has 0 spiro atoms. The first-order valence-electron chi connectivity index (χ1n) is 32.8. The highest BCUT2D eigenvalue weighted by molar-refractivity contribution is 5.71. The minimum atomic E-state index is -0.767. The Labute approximate surface area is 455 Å². The Morgan fingerprint density at radius 2 is 0.493 bits per heavy atom. The van der Waals surface area contributed by atoms with Crippen LogP contribution in [-0.4, -0.2) is 37.2 Å². The molecule has 1 unspecified atom stereocenters. The van der Waals surface area contributed by atoms with Crippen molar-refractivity contribution in [3.63, 3.8) is 0 Å². The monoisotopic (exact) mass is 1030 g/mol. The second kappa shape index (κ2) is 62.4. The summed E-state index contributed by atoms with van der Waals surface area (Å²) in [5, 5.41) is 0. The average molecular weight is 1030 g/mol. The first-order valence-corrected chi connectivity index (χ1v) is 32.8. The Morgan fingerprint density at radius 1 is 0.274 bits per heavy atom. The van der Waals surface area contributed by atoms with Gasteiger partial charge in [0.05, 0.1) is 0 Å². The third-order valence-electron chi connectivity index (χ3n) is 15.0. The van der Waals surface area contributed by atoms with E-state index in [-0.39, 0.29) is 31.1 Å². The third kappa shape index (κ3) is 60.6. The summed E-state index contributed by atoms with van der Waals surface area (Å²) < 4.78 is 16.9. The molecule has 0 saturated carbocycles. The summed E-state index contributed by atoms with van der Waals surface area (Å²) in [6.45, 7) is 6.68. The normalized spacial score (nSPS) is 12.1. The molecule has 0 aliphatic carbocycles. The summed E-state index contributed by atoms with van der Waals surface area (Å²) in [5.41, 5.74) is 0. The van der Waals surface area contributed by atoms with Crippen molar-refractivity contribution in [2.24, 2.45) is 0 Å². The van der Waals surface area contributed by atoms with Crippen LogP contribution in [0.15, 0.2) is 24.3 Å². The Morgan fingerprint density at radius 3 is 0.753 bits per heavy atom.